The van der Waals surface area contributed by atoms with Gasteiger partial charge in [0.1, 0.15) is 0 Å². The standard InChI is InChI=1S/C24H22N2O5/c1-30-21-10-9-16(12-22(21)31-2)15-26-19-8-4-3-7-18(19)24(29,23(26)28)13-20(27)17-6-5-11-25-14-17/h3-12,14,29H,13,15H2,1-2H3/t24-/m1/s1. The number of pyridine rings is 1. The van der Waals surface area contributed by atoms with Crippen LogP contribution in [0.3, 0.4) is 0 Å². The summed E-state index contributed by atoms with van der Waals surface area (Å²) in [7, 11) is 3.10. The number of aliphatic hydroxyl groups is 1. The van der Waals surface area contributed by atoms with E-state index >= 15 is 0 Å². The predicted molar refractivity (Wildman–Crippen MR) is 114 cm³/mol. The quantitative estimate of drug-likeness (QED) is 0.593. The number of hydrogen-bond acceptors (Lipinski definition) is 6. The Kier molecular flexibility index (Phi) is 5.44. The van der Waals surface area contributed by atoms with Gasteiger partial charge in [0, 0.05) is 23.5 Å². The third-order valence-corrected chi connectivity index (χ3v) is 5.43. The van der Waals surface area contributed by atoms with Crippen LogP contribution in [0.5, 0.6) is 11.5 Å². The number of ketones is 1. The molecule has 2 heterocycles. The lowest BCUT2D eigenvalue weighted by Gasteiger charge is -2.23. The Morgan fingerprint density at radius 1 is 1.06 bits per heavy atom. The first-order valence-electron chi connectivity index (χ1n) is 9.76. The number of nitrogens with zero attached hydrogens (tertiary/aromatic N) is 2. The summed E-state index contributed by atoms with van der Waals surface area (Å²) in [5.41, 5.74) is 0.185. The van der Waals surface area contributed by atoms with E-state index in [1.807, 2.05) is 6.07 Å². The Hall–Kier alpha value is -3.71. The molecule has 3 aromatic rings. The molecule has 0 fully saturated rings. The predicted octanol–water partition coefficient (Wildman–Crippen LogP) is 3.11. The zero-order chi connectivity index (χ0) is 22.0. The van der Waals surface area contributed by atoms with Crippen molar-refractivity contribution in [2.24, 2.45) is 0 Å². The van der Waals surface area contributed by atoms with Crippen molar-refractivity contribution in [3.05, 3.63) is 83.7 Å². The Balaban J connectivity index is 1.67. The molecular weight excluding hydrogens is 396 g/mol. The number of fused-ring (bicyclic) bond motifs is 1. The first-order chi connectivity index (χ1) is 15.0. The lowest BCUT2D eigenvalue weighted by molar-refractivity contribution is -0.136. The maximum atomic E-state index is 13.4. The van der Waals surface area contributed by atoms with Crippen molar-refractivity contribution in [2.75, 3.05) is 19.1 Å². The first-order valence-corrected chi connectivity index (χ1v) is 9.76. The second kappa shape index (κ2) is 8.20. The largest absolute Gasteiger partial charge is 0.493 e. The molecule has 1 atom stereocenters. The number of para-hydroxylation sites is 1. The molecule has 0 spiro atoms. The van der Waals surface area contributed by atoms with Crippen molar-refractivity contribution in [1.82, 2.24) is 4.98 Å². The van der Waals surface area contributed by atoms with Gasteiger partial charge in [-0.25, -0.2) is 0 Å². The summed E-state index contributed by atoms with van der Waals surface area (Å²) >= 11 is 0. The fourth-order valence-corrected chi connectivity index (χ4v) is 3.86. The van der Waals surface area contributed by atoms with Crippen molar-refractivity contribution >= 4 is 17.4 Å². The van der Waals surface area contributed by atoms with Gasteiger partial charge in [0.25, 0.3) is 5.91 Å². The second-order valence-electron chi connectivity index (χ2n) is 7.30. The molecule has 0 saturated carbocycles. The van der Waals surface area contributed by atoms with Gasteiger partial charge in [0.15, 0.2) is 22.9 Å². The molecule has 1 aliphatic rings. The Morgan fingerprint density at radius 3 is 2.55 bits per heavy atom. The van der Waals surface area contributed by atoms with E-state index in [4.69, 9.17) is 9.47 Å². The maximum Gasteiger partial charge on any atom is 0.264 e. The number of anilines is 1. The fourth-order valence-electron chi connectivity index (χ4n) is 3.86. The number of methoxy groups -OCH3 is 2. The van der Waals surface area contributed by atoms with E-state index in [9.17, 15) is 14.7 Å². The van der Waals surface area contributed by atoms with Gasteiger partial charge in [-0.3, -0.25) is 14.6 Å². The molecular formula is C24H22N2O5. The van der Waals surface area contributed by atoms with Crippen LogP contribution in [0.4, 0.5) is 5.69 Å². The number of aromatic nitrogens is 1. The molecule has 2 aromatic carbocycles. The van der Waals surface area contributed by atoms with Crippen molar-refractivity contribution in [1.29, 1.82) is 0 Å². The van der Waals surface area contributed by atoms with Crippen LogP contribution in [0.25, 0.3) is 0 Å². The molecule has 1 aliphatic heterocycles. The fraction of sp³-hybridized carbons (Fsp3) is 0.208. The normalized spacial score (nSPS) is 17.4. The first kappa shape index (κ1) is 20.6. The van der Waals surface area contributed by atoms with Crippen LogP contribution in [0, 0.1) is 0 Å². The number of carbonyl (C=O) groups excluding carboxylic acids is 2. The van der Waals surface area contributed by atoms with E-state index in [2.05, 4.69) is 4.98 Å². The average Bonchev–Trinajstić information content (AvgIpc) is 3.01. The molecule has 0 aliphatic carbocycles. The van der Waals surface area contributed by atoms with E-state index in [1.54, 1.807) is 68.9 Å². The minimum atomic E-state index is -1.94. The Labute approximate surface area is 179 Å². The number of hydrogen-bond donors (Lipinski definition) is 1. The summed E-state index contributed by atoms with van der Waals surface area (Å²) in [6.07, 6.45) is 2.63. The zero-order valence-corrected chi connectivity index (χ0v) is 17.2. The smallest absolute Gasteiger partial charge is 0.264 e. The number of amides is 1. The van der Waals surface area contributed by atoms with Gasteiger partial charge in [-0.15, -0.1) is 0 Å². The van der Waals surface area contributed by atoms with Crippen LogP contribution in [0.2, 0.25) is 0 Å². The van der Waals surface area contributed by atoms with Gasteiger partial charge < -0.3 is 19.5 Å². The van der Waals surface area contributed by atoms with Crippen LogP contribution in [-0.4, -0.2) is 36.0 Å². The number of benzene rings is 2. The molecule has 1 N–H and O–H groups in total. The van der Waals surface area contributed by atoms with Crippen molar-refractivity contribution in [2.45, 2.75) is 18.6 Å². The average molecular weight is 418 g/mol. The summed E-state index contributed by atoms with van der Waals surface area (Å²) in [6, 6.07) is 15.6. The third kappa shape index (κ3) is 3.64. The third-order valence-electron chi connectivity index (χ3n) is 5.43. The van der Waals surface area contributed by atoms with Gasteiger partial charge in [0.2, 0.25) is 0 Å². The summed E-state index contributed by atoms with van der Waals surface area (Å²) in [4.78, 5) is 31.6. The Bertz CT molecular complexity index is 1130. The van der Waals surface area contributed by atoms with Crippen LogP contribution in [0.15, 0.2) is 67.0 Å². The molecule has 31 heavy (non-hydrogen) atoms. The highest BCUT2D eigenvalue weighted by molar-refractivity contribution is 6.10. The summed E-state index contributed by atoms with van der Waals surface area (Å²) in [5.74, 6) is 0.229. The van der Waals surface area contributed by atoms with Gasteiger partial charge in [-0.1, -0.05) is 24.3 Å². The molecule has 0 unspecified atom stereocenters. The highest BCUT2D eigenvalue weighted by Gasteiger charge is 2.50. The van der Waals surface area contributed by atoms with E-state index in [0.29, 0.717) is 28.3 Å². The van der Waals surface area contributed by atoms with Gasteiger partial charge in [-0.2, -0.15) is 0 Å². The monoisotopic (exact) mass is 418 g/mol. The highest BCUT2D eigenvalue weighted by Crippen LogP contribution is 2.43. The van der Waals surface area contributed by atoms with Crippen molar-refractivity contribution in [3.63, 3.8) is 0 Å². The molecule has 0 saturated heterocycles. The van der Waals surface area contributed by atoms with Gasteiger partial charge in [-0.05, 0) is 35.9 Å². The molecule has 4 rings (SSSR count). The summed E-state index contributed by atoms with van der Waals surface area (Å²) in [6.45, 7) is 0.208. The second-order valence-corrected chi connectivity index (χ2v) is 7.30. The molecule has 1 amide bonds. The lowest BCUT2D eigenvalue weighted by Crippen LogP contribution is -2.41. The number of Topliss-reactive ketones (excluding diaryl/α,β-unsaturated/α-hetero) is 1. The maximum absolute atomic E-state index is 13.4. The van der Waals surface area contributed by atoms with Crippen molar-refractivity contribution < 1.29 is 24.2 Å². The highest BCUT2D eigenvalue weighted by atomic mass is 16.5. The molecule has 7 nitrogen and oxygen atoms in total. The summed E-state index contributed by atoms with van der Waals surface area (Å²) in [5, 5.41) is 11.4. The topological polar surface area (TPSA) is 89.0 Å². The number of ether oxygens (including phenoxy) is 2. The molecule has 0 radical (unpaired) electrons. The lowest BCUT2D eigenvalue weighted by atomic mass is 9.88. The molecule has 7 heteroatoms. The number of carbonyl (C=O) groups is 2. The molecule has 0 bridgehead atoms. The van der Waals surface area contributed by atoms with Crippen LogP contribution < -0.4 is 14.4 Å². The van der Waals surface area contributed by atoms with Crippen LogP contribution in [0.1, 0.15) is 27.9 Å². The minimum absolute atomic E-state index is 0.208. The zero-order valence-electron chi connectivity index (χ0n) is 17.2. The van der Waals surface area contributed by atoms with E-state index < -0.39 is 11.5 Å². The van der Waals surface area contributed by atoms with E-state index in [-0.39, 0.29) is 18.7 Å². The summed E-state index contributed by atoms with van der Waals surface area (Å²) < 4.78 is 10.6. The molecule has 1 aromatic heterocycles. The SMILES string of the molecule is COc1ccc(CN2C(=O)[C@@](O)(CC(=O)c3cccnc3)c3ccccc32)cc1OC. The number of rotatable bonds is 7. The van der Waals surface area contributed by atoms with Crippen LogP contribution >= 0.6 is 0 Å². The van der Waals surface area contributed by atoms with Gasteiger partial charge in [0.05, 0.1) is 32.9 Å². The van der Waals surface area contributed by atoms with Crippen molar-refractivity contribution in [3.8, 4) is 11.5 Å². The molecule has 158 valence electrons. The minimum Gasteiger partial charge on any atom is -0.493 e. The van der Waals surface area contributed by atoms with Crippen LogP contribution in [-0.2, 0) is 16.9 Å². The van der Waals surface area contributed by atoms with Gasteiger partial charge >= 0.3 is 0 Å². The van der Waals surface area contributed by atoms with E-state index in [1.165, 1.54) is 11.1 Å². The van der Waals surface area contributed by atoms with E-state index in [0.717, 1.165) is 5.56 Å². The Morgan fingerprint density at radius 2 is 1.84 bits per heavy atom.